The van der Waals surface area contributed by atoms with Crippen molar-refractivity contribution < 1.29 is 42.1 Å². The number of halogens is 3. The minimum Gasteiger partial charge on any atom is -0.475 e. The minimum atomic E-state index is -5.08. The van der Waals surface area contributed by atoms with E-state index in [1.165, 1.54) is 43.2 Å². The maximum absolute atomic E-state index is 11.7. The molecule has 0 amide bonds. The second kappa shape index (κ2) is 11.5. The number of carbonyl (C=O) groups excluding carboxylic acids is 1. The molecule has 1 unspecified atom stereocenters. The normalized spacial score (nSPS) is 25.6. The predicted octanol–water partition coefficient (Wildman–Crippen LogP) is 5.34. The van der Waals surface area contributed by atoms with Gasteiger partial charge in [0.05, 0.1) is 0 Å². The van der Waals surface area contributed by atoms with Crippen LogP contribution in [0.1, 0.15) is 69.9 Å². The zero-order valence-electron chi connectivity index (χ0n) is 20.2. The summed E-state index contributed by atoms with van der Waals surface area (Å²) in [5.74, 6) is -1.24. The standard InChI is InChI=1S/C23H33NO4.C2HF3O2/c1-3-6-16(2)28-22(25)27-15-26-18-9-8-17-13-21-19-7-4-5-10-23(19,11-12-24-21)20(17)14-18;3-2(4,5)1(6)7/h8-9,14,16,19,21,24H,3-7,10-13,15H2,1-2H3;(H,6,7)/t16?,19-,21-,23+;/m1./s1. The van der Waals surface area contributed by atoms with Crippen LogP contribution in [0.15, 0.2) is 18.2 Å². The Morgan fingerprint density at radius 3 is 2.69 bits per heavy atom. The molecule has 1 aliphatic heterocycles. The van der Waals surface area contributed by atoms with Crippen molar-refractivity contribution in [3.8, 4) is 5.75 Å². The van der Waals surface area contributed by atoms with Gasteiger partial charge in [-0.15, -0.1) is 0 Å². The van der Waals surface area contributed by atoms with Crippen LogP contribution in [0.3, 0.4) is 0 Å². The average Bonchev–Trinajstić information content (AvgIpc) is 2.79. The molecule has 1 saturated carbocycles. The molecule has 2 bridgehead atoms. The monoisotopic (exact) mass is 501 g/mol. The van der Waals surface area contributed by atoms with Gasteiger partial charge in [0.1, 0.15) is 11.9 Å². The maximum atomic E-state index is 11.7. The van der Waals surface area contributed by atoms with Crippen molar-refractivity contribution in [2.24, 2.45) is 5.92 Å². The zero-order valence-corrected chi connectivity index (χ0v) is 20.2. The van der Waals surface area contributed by atoms with E-state index in [0.717, 1.165) is 37.5 Å². The Bertz CT molecular complexity index is 888. The number of hydrogen-bond acceptors (Lipinski definition) is 6. The maximum Gasteiger partial charge on any atom is 0.511 e. The van der Waals surface area contributed by atoms with Crippen LogP contribution >= 0.6 is 0 Å². The fraction of sp³-hybridized carbons (Fsp3) is 0.680. The van der Waals surface area contributed by atoms with E-state index in [1.54, 1.807) is 0 Å². The molecule has 1 saturated heterocycles. The summed E-state index contributed by atoms with van der Waals surface area (Å²) in [4.78, 5) is 20.6. The van der Waals surface area contributed by atoms with E-state index in [1.807, 2.05) is 13.0 Å². The SMILES string of the molecule is CCCC(C)OC(=O)OCOc1ccc2c(c1)[C@]13CCCC[C@@H]1[C@@H](C2)NCC3.O=C(O)C(F)(F)F. The van der Waals surface area contributed by atoms with Gasteiger partial charge in [-0.1, -0.05) is 32.3 Å². The summed E-state index contributed by atoms with van der Waals surface area (Å²) in [7, 11) is 0. The van der Waals surface area contributed by atoms with Gasteiger partial charge in [0.25, 0.3) is 0 Å². The third-order valence-corrected chi connectivity index (χ3v) is 7.26. The lowest BCUT2D eigenvalue weighted by atomic mass is 9.53. The Morgan fingerprint density at radius 1 is 1.26 bits per heavy atom. The lowest BCUT2D eigenvalue weighted by molar-refractivity contribution is -0.192. The molecule has 4 atom stereocenters. The molecule has 0 aromatic heterocycles. The highest BCUT2D eigenvalue weighted by atomic mass is 19.4. The van der Waals surface area contributed by atoms with E-state index >= 15 is 0 Å². The Kier molecular flexibility index (Phi) is 8.90. The van der Waals surface area contributed by atoms with Gasteiger partial charge in [0.2, 0.25) is 6.79 Å². The number of fused-ring (bicyclic) bond motifs is 1. The Balaban J connectivity index is 0.000000429. The molecule has 2 fully saturated rings. The summed E-state index contributed by atoms with van der Waals surface area (Å²) >= 11 is 0. The molecule has 0 radical (unpaired) electrons. The largest absolute Gasteiger partial charge is 0.511 e. The average molecular weight is 502 g/mol. The lowest BCUT2D eigenvalue weighted by Gasteiger charge is -2.56. The van der Waals surface area contributed by atoms with Crippen molar-refractivity contribution in [2.75, 3.05) is 13.3 Å². The topological polar surface area (TPSA) is 94.1 Å². The van der Waals surface area contributed by atoms with E-state index < -0.39 is 18.3 Å². The first-order valence-corrected chi connectivity index (χ1v) is 12.2. The van der Waals surface area contributed by atoms with Crippen molar-refractivity contribution in [1.82, 2.24) is 5.32 Å². The fourth-order valence-electron chi connectivity index (χ4n) is 5.80. The molecule has 1 aromatic carbocycles. The van der Waals surface area contributed by atoms with Crippen molar-refractivity contribution >= 4 is 12.1 Å². The fourth-order valence-corrected chi connectivity index (χ4v) is 5.80. The predicted molar refractivity (Wildman–Crippen MR) is 121 cm³/mol. The van der Waals surface area contributed by atoms with Crippen molar-refractivity contribution in [1.29, 1.82) is 0 Å². The number of carboxylic acids is 1. The van der Waals surface area contributed by atoms with Crippen LogP contribution in [0.2, 0.25) is 0 Å². The summed E-state index contributed by atoms with van der Waals surface area (Å²) in [5.41, 5.74) is 3.24. The van der Waals surface area contributed by atoms with Crippen LogP contribution in [-0.4, -0.2) is 48.9 Å². The quantitative estimate of drug-likeness (QED) is 0.401. The number of ether oxygens (including phenoxy) is 3. The van der Waals surface area contributed by atoms with Crippen LogP contribution in [0.25, 0.3) is 0 Å². The highest BCUT2D eigenvalue weighted by molar-refractivity contribution is 5.73. The molecule has 3 aliphatic rings. The molecule has 2 aliphatic carbocycles. The van der Waals surface area contributed by atoms with E-state index in [-0.39, 0.29) is 12.9 Å². The number of carbonyl (C=O) groups is 2. The van der Waals surface area contributed by atoms with Crippen LogP contribution < -0.4 is 10.1 Å². The molecule has 1 aromatic rings. The van der Waals surface area contributed by atoms with Gasteiger partial charge in [-0.25, -0.2) is 9.59 Å². The van der Waals surface area contributed by atoms with Gasteiger partial charge < -0.3 is 24.6 Å². The van der Waals surface area contributed by atoms with Crippen LogP contribution in [-0.2, 0) is 26.1 Å². The summed E-state index contributed by atoms with van der Waals surface area (Å²) in [6, 6.07) is 7.04. The van der Waals surface area contributed by atoms with Crippen molar-refractivity contribution in [3.63, 3.8) is 0 Å². The highest BCUT2D eigenvalue weighted by Gasteiger charge is 2.51. The van der Waals surface area contributed by atoms with E-state index in [9.17, 15) is 18.0 Å². The van der Waals surface area contributed by atoms with Crippen LogP contribution in [0.4, 0.5) is 18.0 Å². The molecule has 1 heterocycles. The molecule has 0 spiro atoms. The first kappa shape index (κ1) is 27.1. The summed E-state index contributed by atoms with van der Waals surface area (Å²) in [6.07, 6.45) is 3.53. The molecule has 4 rings (SSSR count). The molecular formula is C25H34F3NO6. The number of piperidine rings is 1. The van der Waals surface area contributed by atoms with Crippen LogP contribution in [0, 0.1) is 5.92 Å². The molecule has 196 valence electrons. The third kappa shape index (κ3) is 6.59. The number of rotatable bonds is 6. The summed E-state index contributed by atoms with van der Waals surface area (Å²) in [6.45, 7) is 4.93. The smallest absolute Gasteiger partial charge is 0.475 e. The van der Waals surface area contributed by atoms with E-state index in [0.29, 0.717) is 11.5 Å². The second-order valence-corrected chi connectivity index (χ2v) is 9.52. The number of nitrogens with one attached hydrogen (secondary N) is 1. The van der Waals surface area contributed by atoms with Gasteiger partial charge in [-0.05, 0) is 74.8 Å². The number of alkyl halides is 3. The third-order valence-electron chi connectivity index (χ3n) is 7.26. The van der Waals surface area contributed by atoms with Gasteiger partial charge in [0.15, 0.2) is 0 Å². The Labute approximate surface area is 203 Å². The van der Waals surface area contributed by atoms with Gasteiger partial charge in [-0.3, -0.25) is 0 Å². The number of benzene rings is 1. The Morgan fingerprint density at radius 2 is 2.00 bits per heavy atom. The first-order chi connectivity index (χ1) is 16.6. The molecule has 35 heavy (non-hydrogen) atoms. The molecule has 7 nitrogen and oxygen atoms in total. The second-order valence-electron chi connectivity index (χ2n) is 9.52. The highest BCUT2D eigenvalue weighted by Crippen LogP contribution is 2.54. The molecular weight excluding hydrogens is 467 g/mol. The lowest BCUT2D eigenvalue weighted by Crippen LogP contribution is -2.59. The van der Waals surface area contributed by atoms with Crippen LogP contribution in [0.5, 0.6) is 5.75 Å². The van der Waals surface area contributed by atoms with Gasteiger partial charge in [-0.2, -0.15) is 13.2 Å². The number of carboxylic acid groups (broad SMARTS) is 1. The summed E-state index contributed by atoms with van der Waals surface area (Å²) in [5, 5.41) is 10.9. The number of aliphatic carboxylic acids is 1. The van der Waals surface area contributed by atoms with Crippen molar-refractivity contribution in [2.45, 2.75) is 89.0 Å². The minimum absolute atomic E-state index is 0.114. The molecule has 10 heteroatoms. The van der Waals surface area contributed by atoms with Gasteiger partial charge in [0, 0.05) is 11.5 Å². The van der Waals surface area contributed by atoms with E-state index in [2.05, 4.69) is 24.4 Å². The Hall–Kier alpha value is -2.49. The zero-order chi connectivity index (χ0) is 25.6. The van der Waals surface area contributed by atoms with Crippen molar-refractivity contribution in [3.05, 3.63) is 29.3 Å². The van der Waals surface area contributed by atoms with E-state index in [4.69, 9.17) is 24.1 Å². The number of hydrogen-bond donors (Lipinski definition) is 2. The first-order valence-electron chi connectivity index (χ1n) is 12.2. The molecule has 2 N–H and O–H groups in total. The van der Waals surface area contributed by atoms with Gasteiger partial charge >= 0.3 is 18.3 Å². The summed E-state index contributed by atoms with van der Waals surface area (Å²) < 4.78 is 47.8.